The van der Waals surface area contributed by atoms with E-state index in [1.807, 2.05) is 19.0 Å². The van der Waals surface area contributed by atoms with Gasteiger partial charge in [0.1, 0.15) is 22.5 Å². The van der Waals surface area contributed by atoms with E-state index in [2.05, 4.69) is 12.2 Å². The Morgan fingerprint density at radius 3 is 2.74 bits per heavy atom. The maximum Gasteiger partial charge on any atom is 0.263 e. The molecule has 1 aromatic carbocycles. The number of fused-ring (bicyclic) bond motifs is 3. The number of rotatable bonds is 5. The number of aromatic nitrogens is 2. The maximum absolute atomic E-state index is 13.7. The summed E-state index contributed by atoms with van der Waals surface area (Å²) in [4.78, 5) is 35.4. The molecule has 1 amide bonds. The lowest BCUT2D eigenvalue weighted by atomic mass is 9.89. The quantitative estimate of drug-likeness (QED) is 0.649. The average Bonchev–Trinajstić information content (AvgIpc) is 3.06. The van der Waals surface area contributed by atoms with Gasteiger partial charge in [0, 0.05) is 10.6 Å². The molecule has 2 heterocycles. The third kappa shape index (κ3) is 4.27. The third-order valence-electron chi connectivity index (χ3n) is 5.77. The monoisotopic (exact) mass is 442 g/mol. The van der Waals surface area contributed by atoms with Gasteiger partial charge in [-0.25, -0.2) is 9.37 Å². The van der Waals surface area contributed by atoms with Crippen LogP contribution < -0.4 is 10.9 Å². The van der Waals surface area contributed by atoms with Crippen LogP contribution in [0.1, 0.15) is 42.6 Å². The Kier molecular flexibility index (Phi) is 5.94. The van der Waals surface area contributed by atoms with E-state index in [0.29, 0.717) is 29.4 Å². The summed E-state index contributed by atoms with van der Waals surface area (Å²) in [5.41, 5.74) is 1.43. The van der Waals surface area contributed by atoms with Gasteiger partial charge in [-0.05, 0) is 76.0 Å². The van der Waals surface area contributed by atoms with Gasteiger partial charge in [-0.3, -0.25) is 14.2 Å². The van der Waals surface area contributed by atoms with Crippen LogP contribution in [-0.4, -0.2) is 34.5 Å². The van der Waals surface area contributed by atoms with Crippen molar-refractivity contribution in [3.8, 4) is 0 Å². The van der Waals surface area contributed by atoms with E-state index in [1.54, 1.807) is 18.3 Å². The molecule has 2 unspecified atom stereocenters. The van der Waals surface area contributed by atoms with Crippen LogP contribution in [0, 0.1) is 11.7 Å². The Morgan fingerprint density at radius 2 is 2.06 bits per heavy atom. The second-order valence-corrected chi connectivity index (χ2v) is 9.73. The van der Waals surface area contributed by atoms with Gasteiger partial charge in [0.2, 0.25) is 5.91 Å². The summed E-state index contributed by atoms with van der Waals surface area (Å²) >= 11 is 1.61. The highest BCUT2D eigenvalue weighted by molar-refractivity contribution is 7.18. The molecule has 31 heavy (non-hydrogen) atoms. The average molecular weight is 443 g/mol. The van der Waals surface area contributed by atoms with Crippen LogP contribution in [0.3, 0.4) is 0 Å². The molecule has 0 radical (unpaired) electrons. The molecule has 0 fully saturated rings. The summed E-state index contributed by atoms with van der Waals surface area (Å²) in [5, 5.41) is 3.44. The zero-order valence-corrected chi connectivity index (χ0v) is 19.1. The minimum absolute atomic E-state index is 0.157. The minimum Gasteiger partial charge on any atom is -0.324 e. The summed E-state index contributed by atoms with van der Waals surface area (Å²) in [6.07, 6.45) is 2.90. The largest absolute Gasteiger partial charge is 0.324 e. The molecule has 4 rings (SSSR count). The highest BCUT2D eigenvalue weighted by atomic mass is 32.1. The first-order chi connectivity index (χ1) is 14.7. The summed E-state index contributed by atoms with van der Waals surface area (Å²) in [5.74, 6) is 0.453. The topological polar surface area (TPSA) is 67.2 Å². The number of carbonyl (C=O) groups excluding carboxylic acids is 1. The molecular formula is C23H27FN4O2S. The molecule has 8 heteroatoms. The predicted molar refractivity (Wildman–Crippen MR) is 122 cm³/mol. The lowest BCUT2D eigenvalue weighted by Crippen LogP contribution is -2.36. The Hall–Kier alpha value is -2.58. The van der Waals surface area contributed by atoms with Gasteiger partial charge >= 0.3 is 0 Å². The number of hydrogen-bond donors (Lipinski definition) is 1. The zero-order chi connectivity index (χ0) is 22.3. The smallest absolute Gasteiger partial charge is 0.263 e. The fourth-order valence-corrected chi connectivity index (χ4v) is 5.53. The van der Waals surface area contributed by atoms with E-state index in [9.17, 15) is 14.0 Å². The number of nitrogens with one attached hydrogen (secondary N) is 1. The SMILES string of the molecule is CC1CCc2c(sc3nc(CN(C)C)n(C(C)C(=O)Nc4ccc(F)cc4)c(=O)c23)C1. The number of amides is 1. The van der Waals surface area contributed by atoms with Crippen molar-refractivity contribution in [1.82, 2.24) is 14.5 Å². The number of benzene rings is 1. The third-order valence-corrected chi connectivity index (χ3v) is 6.92. The lowest BCUT2D eigenvalue weighted by Gasteiger charge is -2.21. The minimum atomic E-state index is -0.762. The number of carbonyl (C=O) groups is 1. The van der Waals surface area contributed by atoms with E-state index in [-0.39, 0.29) is 17.3 Å². The molecule has 0 saturated heterocycles. The van der Waals surface area contributed by atoms with E-state index >= 15 is 0 Å². The zero-order valence-electron chi connectivity index (χ0n) is 18.2. The van der Waals surface area contributed by atoms with Crippen molar-refractivity contribution in [3.63, 3.8) is 0 Å². The second-order valence-electron chi connectivity index (χ2n) is 8.65. The van der Waals surface area contributed by atoms with E-state index in [4.69, 9.17) is 4.98 Å². The first kappa shape index (κ1) is 21.6. The highest BCUT2D eigenvalue weighted by Crippen LogP contribution is 2.36. The summed E-state index contributed by atoms with van der Waals surface area (Å²) in [6.45, 7) is 4.38. The van der Waals surface area contributed by atoms with Crippen molar-refractivity contribution in [2.75, 3.05) is 19.4 Å². The molecule has 0 saturated carbocycles. The highest BCUT2D eigenvalue weighted by Gasteiger charge is 2.27. The fraction of sp³-hybridized carbons (Fsp3) is 0.435. The van der Waals surface area contributed by atoms with Crippen LogP contribution in [0.5, 0.6) is 0 Å². The van der Waals surface area contributed by atoms with Gasteiger partial charge in [-0.1, -0.05) is 6.92 Å². The Morgan fingerprint density at radius 1 is 1.35 bits per heavy atom. The molecule has 3 aromatic rings. The van der Waals surface area contributed by atoms with Crippen LogP contribution in [0.4, 0.5) is 10.1 Å². The van der Waals surface area contributed by atoms with Gasteiger partial charge in [0.25, 0.3) is 5.56 Å². The Bertz CT molecular complexity index is 1180. The van der Waals surface area contributed by atoms with Gasteiger partial charge in [0.15, 0.2) is 0 Å². The number of anilines is 1. The van der Waals surface area contributed by atoms with Crippen LogP contribution in [0.25, 0.3) is 10.2 Å². The first-order valence-electron chi connectivity index (χ1n) is 10.5. The Labute approximate surface area is 184 Å². The van der Waals surface area contributed by atoms with Gasteiger partial charge in [-0.2, -0.15) is 0 Å². The van der Waals surface area contributed by atoms with Gasteiger partial charge < -0.3 is 10.2 Å². The lowest BCUT2D eigenvalue weighted by molar-refractivity contribution is -0.119. The van der Waals surface area contributed by atoms with Crippen molar-refractivity contribution in [1.29, 1.82) is 0 Å². The predicted octanol–water partition coefficient (Wildman–Crippen LogP) is 3.98. The molecule has 0 bridgehead atoms. The van der Waals surface area contributed by atoms with Crippen molar-refractivity contribution in [2.45, 2.75) is 45.7 Å². The summed E-state index contributed by atoms with van der Waals surface area (Å²) in [7, 11) is 3.82. The maximum atomic E-state index is 13.7. The number of hydrogen-bond acceptors (Lipinski definition) is 5. The van der Waals surface area contributed by atoms with Crippen LogP contribution in [0.15, 0.2) is 29.1 Å². The molecule has 164 valence electrons. The van der Waals surface area contributed by atoms with Crippen molar-refractivity contribution in [3.05, 3.63) is 56.7 Å². The van der Waals surface area contributed by atoms with Crippen LogP contribution >= 0.6 is 11.3 Å². The molecular weight excluding hydrogens is 415 g/mol. The molecule has 1 aliphatic carbocycles. The van der Waals surface area contributed by atoms with Crippen molar-refractivity contribution >= 4 is 33.1 Å². The summed E-state index contributed by atoms with van der Waals surface area (Å²) < 4.78 is 14.7. The number of nitrogens with zero attached hydrogens (tertiary/aromatic N) is 3. The van der Waals surface area contributed by atoms with Crippen molar-refractivity contribution < 1.29 is 9.18 Å². The Balaban J connectivity index is 1.78. The normalized spacial score (nSPS) is 17.0. The molecule has 1 aliphatic rings. The van der Waals surface area contributed by atoms with Crippen LogP contribution in [0.2, 0.25) is 0 Å². The molecule has 0 spiro atoms. The molecule has 2 aromatic heterocycles. The standard InChI is InChI=1S/C23H27FN4O2S/c1-13-5-10-17-18(11-13)31-22-20(17)23(30)28(19(26-22)12-27(3)4)14(2)21(29)25-16-8-6-15(24)7-9-16/h6-9,13-14H,5,10-12H2,1-4H3,(H,25,29). The van der Waals surface area contributed by atoms with E-state index < -0.39 is 6.04 Å². The molecule has 1 N–H and O–H groups in total. The van der Waals surface area contributed by atoms with Crippen LogP contribution in [-0.2, 0) is 24.2 Å². The fourth-order valence-electron chi connectivity index (χ4n) is 4.14. The van der Waals surface area contributed by atoms with Gasteiger partial charge in [0.05, 0.1) is 11.9 Å². The van der Waals surface area contributed by atoms with E-state index in [1.165, 1.54) is 33.7 Å². The number of halogens is 1. The number of thiophene rings is 1. The molecule has 6 nitrogen and oxygen atoms in total. The van der Waals surface area contributed by atoms with Gasteiger partial charge in [-0.15, -0.1) is 11.3 Å². The second kappa shape index (κ2) is 8.51. The number of aryl methyl sites for hydroxylation is 1. The molecule has 2 atom stereocenters. The van der Waals surface area contributed by atoms with E-state index in [0.717, 1.165) is 29.7 Å². The first-order valence-corrected chi connectivity index (χ1v) is 11.3. The summed E-state index contributed by atoms with van der Waals surface area (Å²) in [6, 6.07) is 4.82. The van der Waals surface area contributed by atoms with Crippen molar-refractivity contribution in [2.24, 2.45) is 5.92 Å². The molecule has 0 aliphatic heterocycles.